The van der Waals surface area contributed by atoms with E-state index in [1.165, 1.54) is 23.7 Å². The first kappa shape index (κ1) is 20.6. The average molecular weight is 377 g/mol. The van der Waals surface area contributed by atoms with Crippen molar-refractivity contribution in [3.05, 3.63) is 55.6 Å². The largest absolute Gasteiger partial charge is 0.466 e. The van der Waals surface area contributed by atoms with Gasteiger partial charge in [0, 0.05) is 31.4 Å². The van der Waals surface area contributed by atoms with Crippen LogP contribution >= 0.6 is 0 Å². The number of benzene rings is 1. The fourth-order valence-electron chi connectivity index (χ4n) is 3.00. The van der Waals surface area contributed by atoms with Gasteiger partial charge in [-0.1, -0.05) is 0 Å². The maximum atomic E-state index is 14.6. The Kier molecular flexibility index (Phi) is 6.00. The van der Waals surface area contributed by atoms with E-state index in [2.05, 4.69) is 0 Å². The number of aryl methyl sites for hydroxylation is 1. The fraction of sp³-hybridized carbons (Fsp3) is 0.421. The second-order valence-electron chi connectivity index (χ2n) is 6.48. The van der Waals surface area contributed by atoms with Crippen molar-refractivity contribution >= 4 is 5.97 Å². The van der Waals surface area contributed by atoms with Crippen molar-refractivity contribution in [2.45, 2.75) is 33.2 Å². The second-order valence-corrected chi connectivity index (χ2v) is 6.48. The van der Waals surface area contributed by atoms with Gasteiger partial charge in [-0.2, -0.15) is 0 Å². The van der Waals surface area contributed by atoms with Gasteiger partial charge in [-0.3, -0.25) is 14.2 Å². The summed E-state index contributed by atoms with van der Waals surface area (Å²) in [5.74, 6) is -1.06. The molecule has 8 heteroatoms. The van der Waals surface area contributed by atoms with Crippen LogP contribution in [0.4, 0.5) is 4.39 Å². The third-order valence-electron chi connectivity index (χ3n) is 4.62. The number of halogens is 1. The van der Waals surface area contributed by atoms with Gasteiger partial charge in [-0.05, 0) is 44.0 Å². The summed E-state index contributed by atoms with van der Waals surface area (Å²) in [5.41, 5.74) is 6.69. The van der Waals surface area contributed by atoms with Crippen LogP contribution in [0.1, 0.15) is 36.2 Å². The number of nitrogens with two attached hydrogens (primary N) is 1. The van der Waals surface area contributed by atoms with Gasteiger partial charge in [-0.25, -0.2) is 9.18 Å². The molecule has 0 fully saturated rings. The molecule has 1 atom stereocenters. The SMILES string of the molecule is CCOC(=O)CC(N)c1cc(-c2c(C)n(C)c(=O)n(C)c2=O)cc(C)c1F. The Hall–Kier alpha value is -2.74. The second kappa shape index (κ2) is 7.87. The van der Waals surface area contributed by atoms with Gasteiger partial charge in [-0.15, -0.1) is 0 Å². The number of aromatic nitrogens is 2. The first-order chi connectivity index (χ1) is 12.6. The van der Waals surface area contributed by atoms with Gasteiger partial charge >= 0.3 is 11.7 Å². The molecule has 2 N–H and O–H groups in total. The van der Waals surface area contributed by atoms with Crippen molar-refractivity contribution in [2.24, 2.45) is 19.8 Å². The smallest absolute Gasteiger partial charge is 0.330 e. The summed E-state index contributed by atoms with van der Waals surface area (Å²) in [4.78, 5) is 36.4. The Morgan fingerprint density at radius 3 is 2.44 bits per heavy atom. The van der Waals surface area contributed by atoms with Crippen LogP contribution < -0.4 is 17.0 Å². The van der Waals surface area contributed by atoms with E-state index in [9.17, 15) is 18.8 Å². The number of hydrogen-bond donors (Lipinski definition) is 1. The summed E-state index contributed by atoms with van der Waals surface area (Å²) in [5, 5.41) is 0. The van der Waals surface area contributed by atoms with Gasteiger partial charge in [0.05, 0.1) is 18.6 Å². The van der Waals surface area contributed by atoms with Crippen molar-refractivity contribution < 1.29 is 13.9 Å². The van der Waals surface area contributed by atoms with Crippen LogP contribution in [0.5, 0.6) is 0 Å². The fourth-order valence-corrected chi connectivity index (χ4v) is 3.00. The minimum Gasteiger partial charge on any atom is -0.466 e. The van der Waals surface area contributed by atoms with E-state index in [0.717, 1.165) is 4.57 Å². The first-order valence-electron chi connectivity index (χ1n) is 8.58. The van der Waals surface area contributed by atoms with Gasteiger partial charge in [0.15, 0.2) is 0 Å². The number of ether oxygens (including phenoxy) is 1. The predicted octanol–water partition coefficient (Wildman–Crippen LogP) is 1.46. The highest BCUT2D eigenvalue weighted by atomic mass is 19.1. The van der Waals surface area contributed by atoms with Gasteiger partial charge in [0.2, 0.25) is 0 Å². The van der Waals surface area contributed by atoms with Crippen LogP contribution in [0, 0.1) is 19.7 Å². The summed E-state index contributed by atoms with van der Waals surface area (Å²) in [6.07, 6.45) is -0.183. The molecule has 2 rings (SSSR count). The zero-order valence-corrected chi connectivity index (χ0v) is 16.1. The van der Waals surface area contributed by atoms with E-state index in [1.54, 1.807) is 27.8 Å². The first-order valence-corrected chi connectivity index (χ1v) is 8.58. The highest BCUT2D eigenvalue weighted by molar-refractivity contribution is 5.71. The molecular weight excluding hydrogens is 353 g/mol. The predicted molar refractivity (Wildman–Crippen MR) is 100.0 cm³/mol. The topological polar surface area (TPSA) is 96.3 Å². The van der Waals surface area contributed by atoms with Crippen LogP contribution in [-0.4, -0.2) is 21.7 Å². The third kappa shape index (κ3) is 3.85. The average Bonchev–Trinajstić information content (AvgIpc) is 2.61. The van der Waals surface area contributed by atoms with Gasteiger partial charge in [0.25, 0.3) is 5.56 Å². The third-order valence-corrected chi connectivity index (χ3v) is 4.62. The zero-order chi connectivity index (χ0) is 20.5. The molecule has 27 heavy (non-hydrogen) atoms. The van der Waals surface area contributed by atoms with Crippen LogP contribution in [0.25, 0.3) is 11.1 Å². The Balaban J connectivity index is 2.66. The minimum atomic E-state index is -0.917. The van der Waals surface area contributed by atoms with Crippen molar-refractivity contribution in [2.75, 3.05) is 6.61 Å². The van der Waals surface area contributed by atoms with Crippen molar-refractivity contribution in [3.8, 4) is 11.1 Å². The molecule has 0 bridgehead atoms. The van der Waals surface area contributed by atoms with Crippen LogP contribution in [-0.2, 0) is 23.6 Å². The lowest BCUT2D eigenvalue weighted by molar-refractivity contribution is -0.143. The highest BCUT2D eigenvalue weighted by Crippen LogP contribution is 2.28. The number of rotatable bonds is 5. The normalized spacial score (nSPS) is 12.1. The van der Waals surface area contributed by atoms with E-state index in [-0.39, 0.29) is 29.7 Å². The quantitative estimate of drug-likeness (QED) is 0.796. The maximum Gasteiger partial charge on any atom is 0.330 e. The van der Waals surface area contributed by atoms with E-state index in [1.807, 2.05) is 0 Å². The summed E-state index contributed by atoms with van der Waals surface area (Å²) < 4.78 is 21.9. The molecule has 0 saturated heterocycles. The highest BCUT2D eigenvalue weighted by Gasteiger charge is 2.21. The lowest BCUT2D eigenvalue weighted by Gasteiger charge is -2.17. The Morgan fingerprint density at radius 2 is 1.85 bits per heavy atom. The summed E-state index contributed by atoms with van der Waals surface area (Å²) in [6.45, 7) is 5.09. The lowest BCUT2D eigenvalue weighted by atomic mass is 9.95. The molecule has 0 aliphatic rings. The molecule has 0 aliphatic carbocycles. The van der Waals surface area contributed by atoms with Crippen molar-refractivity contribution in [1.82, 2.24) is 9.13 Å². The molecular formula is C19H24FN3O4. The number of carbonyl (C=O) groups is 1. The van der Waals surface area contributed by atoms with E-state index >= 15 is 0 Å². The number of esters is 1. The van der Waals surface area contributed by atoms with Gasteiger partial charge in [0.1, 0.15) is 5.82 Å². The standard InChI is InChI=1S/C19H24FN3O4/c1-6-27-15(24)9-14(21)13-8-12(7-10(2)17(13)20)16-11(3)22(4)19(26)23(5)18(16)25/h7-8,14H,6,9,21H2,1-5H3. The molecule has 1 aromatic carbocycles. The molecule has 0 saturated carbocycles. The summed E-state index contributed by atoms with van der Waals surface area (Å²) >= 11 is 0. The van der Waals surface area contributed by atoms with E-state index in [4.69, 9.17) is 10.5 Å². The Labute approximate surface area is 156 Å². The lowest BCUT2D eigenvalue weighted by Crippen LogP contribution is -2.39. The molecule has 1 unspecified atom stereocenters. The Bertz CT molecular complexity index is 1010. The summed E-state index contributed by atoms with van der Waals surface area (Å²) in [7, 11) is 2.95. The molecule has 0 aliphatic heterocycles. The number of hydrogen-bond acceptors (Lipinski definition) is 5. The molecule has 0 amide bonds. The van der Waals surface area contributed by atoms with Crippen molar-refractivity contribution in [3.63, 3.8) is 0 Å². The van der Waals surface area contributed by atoms with Crippen LogP contribution in [0.3, 0.4) is 0 Å². The molecule has 0 spiro atoms. The Morgan fingerprint density at radius 1 is 1.22 bits per heavy atom. The molecule has 7 nitrogen and oxygen atoms in total. The zero-order valence-electron chi connectivity index (χ0n) is 16.1. The van der Waals surface area contributed by atoms with Crippen molar-refractivity contribution in [1.29, 1.82) is 0 Å². The molecule has 1 aromatic heterocycles. The molecule has 0 radical (unpaired) electrons. The number of carbonyl (C=O) groups excluding carboxylic acids is 1. The van der Waals surface area contributed by atoms with E-state index < -0.39 is 29.1 Å². The molecule has 2 aromatic rings. The summed E-state index contributed by atoms with van der Waals surface area (Å²) in [6, 6.07) is 2.07. The molecule has 1 heterocycles. The van der Waals surface area contributed by atoms with Crippen LogP contribution in [0.15, 0.2) is 21.7 Å². The van der Waals surface area contributed by atoms with Crippen LogP contribution in [0.2, 0.25) is 0 Å². The monoisotopic (exact) mass is 377 g/mol. The maximum absolute atomic E-state index is 14.6. The minimum absolute atomic E-state index is 0.119. The molecule has 146 valence electrons. The van der Waals surface area contributed by atoms with E-state index in [0.29, 0.717) is 11.3 Å². The number of nitrogens with zero attached hydrogens (tertiary/aromatic N) is 2. The van der Waals surface area contributed by atoms with Gasteiger partial charge < -0.3 is 15.0 Å².